The first-order chi connectivity index (χ1) is 24.4. The van der Waals surface area contributed by atoms with Crippen molar-refractivity contribution in [3.63, 3.8) is 0 Å². The number of hydrogen-bond acceptors (Lipinski definition) is 9. The van der Waals surface area contributed by atoms with Crippen LogP contribution in [0.3, 0.4) is 0 Å². The first-order valence-corrected chi connectivity index (χ1v) is 18.0. The minimum atomic E-state index is -1.84. The minimum absolute atomic E-state index is 0.0368. The minimum Gasteiger partial charge on any atom is -0.457 e. The van der Waals surface area contributed by atoms with Crippen LogP contribution in [-0.2, 0) is 41.3 Å². The van der Waals surface area contributed by atoms with Crippen molar-refractivity contribution in [2.75, 3.05) is 19.7 Å². The van der Waals surface area contributed by atoms with Gasteiger partial charge in [0, 0.05) is 40.9 Å². The van der Waals surface area contributed by atoms with Gasteiger partial charge in [-0.3, -0.25) is 19.3 Å². The fourth-order valence-corrected chi connectivity index (χ4v) is 7.13. The van der Waals surface area contributed by atoms with Gasteiger partial charge in [-0.2, -0.15) is 0 Å². The number of rotatable bonds is 10. The standard InChI is InChI=1S/C37H47BClN5O8/c1-34(2,3)50-33(48)44-20-26-18-28(39)16-15-25(26)19-29(44)31(46)43-21-27(14-11-17-38-51-35(4,5)36(6,7)52-38)37(23-43,41-42-40)32(47)49-22-30(45)24-12-9-8-10-13-24/h8-10,12-13,15-16,18,27,29H,11,14,17,19-23H2,1-7H3/t27-,29?,37?/m0/s1. The highest BCUT2D eigenvalue weighted by Crippen LogP contribution is 2.41. The second-order valence-corrected chi connectivity index (χ2v) is 16.2. The molecule has 2 amide bonds. The molecule has 2 fully saturated rings. The number of carbonyl (C=O) groups excluding carboxylic acids is 4. The second kappa shape index (κ2) is 15.1. The molecule has 0 aromatic heterocycles. The van der Waals surface area contributed by atoms with Gasteiger partial charge < -0.3 is 23.7 Å². The SMILES string of the molecule is CC(C)(C)OC(=O)N1Cc2cc(Cl)ccc2CC1C(=O)N1C[C@H](CCCB2OC(C)(C)C(C)(C)O2)C(N=[N+]=[N-])(C(=O)OCC(=O)c2ccccc2)C1. The van der Waals surface area contributed by atoms with Crippen LogP contribution in [0, 0.1) is 5.92 Å². The van der Waals surface area contributed by atoms with E-state index in [-0.39, 0.29) is 26.1 Å². The zero-order chi connectivity index (χ0) is 38.1. The molecule has 0 spiro atoms. The Labute approximate surface area is 310 Å². The van der Waals surface area contributed by atoms with E-state index in [9.17, 15) is 24.7 Å². The lowest BCUT2D eigenvalue weighted by Crippen LogP contribution is -2.55. The molecule has 2 aromatic carbocycles. The Hall–Kier alpha value is -4.10. The Morgan fingerprint density at radius 3 is 2.35 bits per heavy atom. The molecular weight excluding hydrogens is 689 g/mol. The third kappa shape index (κ3) is 8.41. The molecule has 0 saturated carbocycles. The van der Waals surface area contributed by atoms with Gasteiger partial charge in [0.25, 0.3) is 0 Å². The molecule has 3 atom stereocenters. The van der Waals surface area contributed by atoms with Crippen LogP contribution in [-0.4, -0.2) is 88.8 Å². The summed E-state index contributed by atoms with van der Waals surface area (Å²) in [5.41, 5.74) is 8.10. The summed E-state index contributed by atoms with van der Waals surface area (Å²) in [6.07, 6.45) is 0.841. The van der Waals surface area contributed by atoms with Crippen molar-refractivity contribution in [1.29, 1.82) is 0 Å². The van der Waals surface area contributed by atoms with Crippen molar-refractivity contribution < 1.29 is 38.0 Å². The Bertz CT molecular complexity index is 1730. The number of esters is 1. The molecule has 15 heteroatoms. The average molecular weight is 736 g/mol. The molecule has 2 unspecified atom stereocenters. The number of hydrogen-bond donors (Lipinski definition) is 0. The van der Waals surface area contributed by atoms with Crippen molar-refractivity contribution in [2.45, 2.75) is 109 Å². The lowest BCUT2D eigenvalue weighted by atomic mass is 9.78. The zero-order valence-corrected chi connectivity index (χ0v) is 31.6. The van der Waals surface area contributed by atoms with Gasteiger partial charge in [0.05, 0.1) is 17.7 Å². The van der Waals surface area contributed by atoms with Gasteiger partial charge in [-0.25, -0.2) is 4.79 Å². The number of likely N-dealkylation sites (tertiary alicyclic amines) is 1. The van der Waals surface area contributed by atoms with Crippen molar-refractivity contribution in [2.24, 2.45) is 11.0 Å². The Morgan fingerprint density at radius 1 is 1.04 bits per heavy atom. The number of carbonyl (C=O) groups is 4. The van der Waals surface area contributed by atoms with Crippen LogP contribution in [0.4, 0.5) is 4.79 Å². The molecule has 2 saturated heterocycles. The molecule has 2 aromatic rings. The van der Waals surface area contributed by atoms with Crippen LogP contribution >= 0.6 is 11.6 Å². The van der Waals surface area contributed by atoms with E-state index in [2.05, 4.69) is 10.0 Å². The maximum absolute atomic E-state index is 14.6. The van der Waals surface area contributed by atoms with Gasteiger partial charge in [0.1, 0.15) is 11.6 Å². The van der Waals surface area contributed by atoms with E-state index in [1.807, 2.05) is 33.8 Å². The first kappa shape index (κ1) is 39.1. The zero-order valence-electron chi connectivity index (χ0n) is 30.9. The summed E-state index contributed by atoms with van der Waals surface area (Å²) in [6.45, 7) is 12.3. The number of amides is 2. The summed E-state index contributed by atoms with van der Waals surface area (Å²) < 4.78 is 23.6. The van der Waals surface area contributed by atoms with Crippen molar-refractivity contribution in [3.8, 4) is 0 Å². The number of ketones is 1. The summed E-state index contributed by atoms with van der Waals surface area (Å²) in [6, 6.07) is 12.7. The maximum atomic E-state index is 14.6. The van der Waals surface area contributed by atoms with E-state index in [0.29, 0.717) is 29.7 Å². The van der Waals surface area contributed by atoms with E-state index in [1.54, 1.807) is 63.2 Å². The van der Waals surface area contributed by atoms with Crippen LogP contribution in [0.2, 0.25) is 11.3 Å². The molecule has 52 heavy (non-hydrogen) atoms. The van der Waals surface area contributed by atoms with Crippen LogP contribution < -0.4 is 0 Å². The smallest absolute Gasteiger partial charge is 0.457 e. The molecule has 0 bridgehead atoms. The Kier molecular flexibility index (Phi) is 11.4. The fourth-order valence-electron chi connectivity index (χ4n) is 6.94. The fraction of sp³-hybridized carbons (Fsp3) is 0.568. The highest BCUT2D eigenvalue weighted by atomic mass is 35.5. The second-order valence-electron chi connectivity index (χ2n) is 15.8. The van der Waals surface area contributed by atoms with Crippen molar-refractivity contribution in [3.05, 3.63) is 80.7 Å². The van der Waals surface area contributed by atoms with Gasteiger partial charge in [0.15, 0.2) is 17.9 Å². The quantitative estimate of drug-likeness (QED) is 0.0643. The lowest BCUT2D eigenvalue weighted by Gasteiger charge is -2.38. The van der Waals surface area contributed by atoms with Gasteiger partial charge in [-0.1, -0.05) is 59.5 Å². The number of halogens is 1. The molecule has 0 aliphatic carbocycles. The molecule has 3 heterocycles. The van der Waals surface area contributed by atoms with Gasteiger partial charge in [0.2, 0.25) is 5.91 Å². The van der Waals surface area contributed by atoms with Gasteiger partial charge in [-0.15, -0.1) is 0 Å². The normalized spacial score (nSPS) is 23.4. The van der Waals surface area contributed by atoms with Gasteiger partial charge in [-0.05, 0) is 90.0 Å². The van der Waals surface area contributed by atoms with E-state index < -0.39 is 71.8 Å². The first-order valence-electron chi connectivity index (χ1n) is 17.6. The number of benzene rings is 2. The molecule has 5 rings (SSSR count). The molecule has 0 radical (unpaired) electrons. The van der Waals surface area contributed by atoms with E-state index in [4.69, 9.17) is 30.4 Å². The number of nitrogens with zero attached hydrogens (tertiary/aromatic N) is 5. The number of ether oxygens (including phenoxy) is 2. The molecule has 3 aliphatic rings. The number of azide groups is 1. The monoisotopic (exact) mass is 735 g/mol. The largest absolute Gasteiger partial charge is 0.457 e. The van der Waals surface area contributed by atoms with E-state index in [1.165, 1.54) is 9.80 Å². The van der Waals surface area contributed by atoms with Crippen molar-refractivity contribution >= 4 is 42.5 Å². The molecule has 13 nitrogen and oxygen atoms in total. The summed E-state index contributed by atoms with van der Waals surface area (Å²) in [4.78, 5) is 61.0. The van der Waals surface area contributed by atoms with Gasteiger partial charge >= 0.3 is 19.2 Å². The summed E-state index contributed by atoms with van der Waals surface area (Å²) in [7, 11) is -0.494. The third-order valence-electron chi connectivity index (χ3n) is 10.4. The highest BCUT2D eigenvalue weighted by molar-refractivity contribution is 6.45. The number of Topliss-reactive ketones (excluding diaryl/α,β-unsaturated/α-hetero) is 1. The molecular formula is C37H47BClN5O8. The summed E-state index contributed by atoms with van der Waals surface area (Å²) in [5.74, 6) is -2.45. The van der Waals surface area contributed by atoms with Crippen LogP contribution in [0.15, 0.2) is 53.6 Å². The Morgan fingerprint density at radius 2 is 1.71 bits per heavy atom. The predicted molar refractivity (Wildman–Crippen MR) is 195 cm³/mol. The predicted octanol–water partition coefficient (Wildman–Crippen LogP) is 6.81. The summed E-state index contributed by atoms with van der Waals surface area (Å²) in [5, 5.41) is 4.53. The van der Waals surface area contributed by atoms with Crippen LogP contribution in [0.1, 0.15) is 82.8 Å². The third-order valence-corrected chi connectivity index (χ3v) is 10.6. The highest BCUT2D eigenvalue weighted by Gasteiger charge is 2.56. The Balaban J connectivity index is 1.42. The van der Waals surface area contributed by atoms with Crippen LogP contribution in [0.5, 0.6) is 0 Å². The molecule has 278 valence electrons. The topological polar surface area (TPSA) is 160 Å². The van der Waals surface area contributed by atoms with Crippen molar-refractivity contribution in [1.82, 2.24) is 9.80 Å². The average Bonchev–Trinajstić information content (AvgIpc) is 3.54. The van der Waals surface area contributed by atoms with Crippen LogP contribution in [0.25, 0.3) is 10.4 Å². The summed E-state index contributed by atoms with van der Waals surface area (Å²) >= 11 is 6.28. The maximum Gasteiger partial charge on any atom is 0.457 e. The van der Waals surface area contributed by atoms with E-state index >= 15 is 0 Å². The molecule has 0 N–H and O–H groups in total. The lowest BCUT2D eigenvalue weighted by molar-refractivity contribution is -0.150. The van der Waals surface area contributed by atoms with E-state index in [0.717, 1.165) is 11.1 Å². The number of fused-ring (bicyclic) bond motifs is 1. The molecule has 3 aliphatic heterocycles.